The van der Waals surface area contributed by atoms with E-state index in [2.05, 4.69) is 43.7 Å². The molecule has 0 saturated carbocycles. The van der Waals surface area contributed by atoms with Crippen molar-refractivity contribution in [3.63, 3.8) is 0 Å². The minimum Gasteiger partial charge on any atom is -0.317 e. The lowest BCUT2D eigenvalue weighted by molar-refractivity contribution is 0.578. The lowest BCUT2D eigenvalue weighted by Crippen LogP contribution is -2.34. The highest BCUT2D eigenvalue weighted by molar-refractivity contribution is 6.69. The van der Waals surface area contributed by atoms with E-state index in [4.69, 9.17) is 0 Å². The molecule has 0 aliphatic rings. The van der Waals surface area contributed by atoms with Crippen LogP contribution in [0.3, 0.4) is 0 Å². The molecule has 1 N–H and O–H groups in total. The smallest absolute Gasteiger partial charge is 0.0979 e. The molecule has 0 fully saturated rings. The maximum atomic E-state index is 3.79. The van der Waals surface area contributed by atoms with Crippen molar-refractivity contribution in [1.82, 2.24) is 5.32 Å². The highest BCUT2D eigenvalue weighted by atomic mass is 28.3. The van der Waals surface area contributed by atoms with Gasteiger partial charge in [-0.1, -0.05) is 18.3 Å². The van der Waals surface area contributed by atoms with Crippen molar-refractivity contribution in [3.8, 4) is 0 Å². The van der Waals surface area contributed by atoms with Crippen molar-refractivity contribution in [2.24, 2.45) is 0 Å². The molecule has 0 aromatic rings. The fourth-order valence-corrected chi connectivity index (χ4v) is 1.94. The monoisotopic (exact) mass is 169 g/mol. The number of rotatable bonds is 6. The molecular weight excluding hydrogens is 150 g/mol. The minimum absolute atomic E-state index is 0.630. The second kappa shape index (κ2) is 6.37. The average molecular weight is 169 g/mol. The van der Waals surface area contributed by atoms with Gasteiger partial charge in [0.2, 0.25) is 0 Å². The molecule has 11 heavy (non-hydrogen) atoms. The summed E-state index contributed by atoms with van der Waals surface area (Å²) >= 11 is 0. The maximum absolute atomic E-state index is 3.79. The largest absolute Gasteiger partial charge is 0.317 e. The van der Waals surface area contributed by atoms with Crippen molar-refractivity contribution in [2.45, 2.75) is 26.3 Å². The van der Waals surface area contributed by atoms with Crippen LogP contribution in [-0.4, -0.2) is 21.0 Å². The highest BCUT2D eigenvalue weighted by Crippen LogP contribution is 1.89. The van der Waals surface area contributed by atoms with E-state index in [0.717, 1.165) is 6.17 Å². The zero-order valence-corrected chi connectivity index (χ0v) is 8.79. The van der Waals surface area contributed by atoms with Crippen LogP contribution in [0, 0.1) is 0 Å². The van der Waals surface area contributed by atoms with Crippen LogP contribution in [0.2, 0.25) is 0 Å². The topological polar surface area (TPSA) is 12.0 Å². The Hall–Kier alpha value is -0.343. The van der Waals surface area contributed by atoms with Gasteiger partial charge < -0.3 is 5.32 Å². The van der Waals surface area contributed by atoms with Gasteiger partial charge in [-0.3, -0.25) is 0 Å². The molecule has 0 aliphatic heterocycles. The second-order valence-electron chi connectivity index (χ2n) is 2.85. The molecule has 0 spiro atoms. The summed E-state index contributed by atoms with van der Waals surface area (Å²) in [5.74, 6) is 0. The number of hydrogen-bond donors (Lipinski definition) is 1. The van der Waals surface area contributed by atoms with Crippen molar-refractivity contribution in [2.75, 3.05) is 6.17 Å². The Morgan fingerprint density at radius 2 is 2.00 bits per heavy atom. The molecule has 1 nitrogen and oxygen atoms in total. The average Bonchev–Trinajstić information content (AvgIpc) is 2.06. The fraction of sp³-hybridized carbons (Fsp3) is 0.556. The molecule has 0 saturated heterocycles. The number of nitrogens with one attached hydrogen (secondary N) is 1. The van der Waals surface area contributed by atoms with Crippen LogP contribution in [0.25, 0.3) is 0 Å². The molecule has 0 heterocycles. The van der Waals surface area contributed by atoms with E-state index >= 15 is 0 Å². The van der Waals surface area contributed by atoms with Gasteiger partial charge >= 0.3 is 0 Å². The predicted octanol–water partition coefficient (Wildman–Crippen LogP) is 1.59. The summed E-state index contributed by atoms with van der Waals surface area (Å²) in [6.45, 7) is 12.0. The Labute approximate surface area is 71.8 Å². The molecular formula is C9H19NSi. The van der Waals surface area contributed by atoms with Crippen LogP contribution in [0.1, 0.15) is 20.3 Å². The van der Waals surface area contributed by atoms with Crippen molar-refractivity contribution in [1.29, 1.82) is 0 Å². The van der Waals surface area contributed by atoms with E-state index in [0.29, 0.717) is 6.04 Å². The van der Waals surface area contributed by atoms with Gasteiger partial charge in [-0.2, -0.15) is 0 Å². The third kappa shape index (κ3) is 4.99. The van der Waals surface area contributed by atoms with E-state index in [9.17, 15) is 0 Å². The summed E-state index contributed by atoms with van der Waals surface area (Å²) < 4.78 is 0. The first kappa shape index (κ1) is 10.7. The van der Waals surface area contributed by atoms with Gasteiger partial charge in [-0.15, -0.1) is 13.2 Å². The summed E-state index contributed by atoms with van der Waals surface area (Å²) in [6.07, 6.45) is 2.29. The first-order valence-corrected chi connectivity index (χ1v) is 6.38. The van der Waals surface area contributed by atoms with Gasteiger partial charge in [-0.25, -0.2) is 0 Å². The third-order valence-corrected chi connectivity index (χ3v) is 3.84. The molecule has 0 amide bonds. The zero-order chi connectivity index (χ0) is 8.69. The van der Waals surface area contributed by atoms with E-state index in [1.165, 1.54) is 6.42 Å². The molecule has 1 atom stereocenters. The normalized spacial score (nSPS) is 13.0. The molecule has 0 aromatic heterocycles. The Balaban J connectivity index is 3.49. The van der Waals surface area contributed by atoms with E-state index < -0.39 is 8.80 Å². The van der Waals surface area contributed by atoms with Gasteiger partial charge in [0.15, 0.2) is 0 Å². The molecule has 2 heteroatoms. The van der Waals surface area contributed by atoms with Crippen LogP contribution >= 0.6 is 0 Å². The van der Waals surface area contributed by atoms with Gasteiger partial charge in [-0.05, 0) is 19.5 Å². The summed E-state index contributed by atoms with van der Waals surface area (Å²) in [6, 6.07) is 0.630. The molecule has 0 bridgehead atoms. The zero-order valence-electron chi connectivity index (χ0n) is 7.64. The van der Waals surface area contributed by atoms with Gasteiger partial charge in [0.1, 0.15) is 0 Å². The van der Waals surface area contributed by atoms with Gasteiger partial charge in [0.05, 0.1) is 8.80 Å². The molecule has 64 valence electrons. The third-order valence-electron chi connectivity index (χ3n) is 1.92. The van der Waals surface area contributed by atoms with Crippen molar-refractivity contribution in [3.05, 3.63) is 24.6 Å². The van der Waals surface area contributed by atoms with Gasteiger partial charge in [0.25, 0.3) is 0 Å². The van der Waals surface area contributed by atoms with Crippen LogP contribution < -0.4 is 5.32 Å². The predicted molar refractivity (Wildman–Crippen MR) is 55.3 cm³/mol. The summed E-state index contributed by atoms with van der Waals surface area (Å²) in [5.41, 5.74) is 4.12. The van der Waals surface area contributed by atoms with E-state index in [-0.39, 0.29) is 0 Å². The summed E-state index contributed by atoms with van der Waals surface area (Å²) in [5, 5.41) is 3.45. The SMILES string of the molecule is C=C[SiH](C=C)CNC(C)CC. The lowest BCUT2D eigenvalue weighted by Gasteiger charge is -2.12. The standard InChI is InChI=1S/C9H19NSi/c1-5-9(4)10-8-11(6-2)7-3/h6-7,9-11H,2-3,5,8H2,1,4H3. The molecule has 0 aromatic carbocycles. The Kier molecular flexibility index (Phi) is 6.17. The van der Waals surface area contributed by atoms with Crippen LogP contribution in [0.4, 0.5) is 0 Å². The van der Waals surface area contributed by atoms with Crippen molar-refractivity contribution >= 4 is 8.80 Å². The summed E-state index contributed by atoms with van der Waals surface area (Å²) in [4.78, 5) is 0. The fourth-order valence-electron chi connectivity index (χ4n) is 0.744. The van der Waals surface area contributed by atoms with Crippen LogP contribution in [0.15, 0.2) is 24.6 Å². The Morgan fingerprint density at radius 3 is 2.36 bits per heavy atom. The first-order valence-electron chi connectivity index (χ1n) is 4.23. The Morgan fingerprint density at radius 1 is 1.45 bits per heavy atom. The molecule has 0 rings (SSSR count). The summed E-state index contributed by atoms with van der Waals surface area (Å²) in [7, 11) is -0.846. The van der Waals surface area contributed by atoms with Crippen LogP contribution in [-0.2, 0) is 0 Å². The van der Waals surface area contributed by atoms with Crippen LogP contribution in [0.5, 0.6) is 0 Å². The van der Waals surface area contributed by atoms with E-state index in [1.807, 2.05) is 0 Å². The molecule has 0 radical (unpaired) electrons. The van der Waals surface area contributed by atoms with E-state index in [1.54, 1.807) is 0 Å². The lowest BCUT2D eigenvalue weighted by atomic mass is 10.3. The second-order valence-corrected chi connectivity index (χ2v) is 5.53. The first-order chi connectivity index (χ1) is 5.24. The highest BCUT2D eigenvalue weighted by Gasteiger charge is 2.02. The van der Waals surface area contributed by atoms with Crippen molar-refractivity contribution < 1.29 is 0 Å². The molecule has 1 unspecified atom stereocenters. The minimum atomic E-state index is -0.846. The Bertz CT molecular complexity index is 115. The number of hydrogen-bond acceptors (Lipinski definition) is 1. The van der Waals surface area contributed by atoms with Gasteiger partial charge in [0, 0.05) is 6.04 Å². The maximum Gasteiger partial charge on any atom is 0.0979 e. The molecule has 0 aliphatic carbocycles. The quantitative estimate of drug-likeness (QED) is 0.595.